The van der Waals surface area contributed by atoms with Crippen LogP contribution in [-0.2, 0) is 26.2 Å². The van der Waals surface area contributed by atoms with Crippen molar-refractivity contribution in [3.63, 3.8) is 0 Å². The highest BCUT2D eigenvalue weighted by Gasteiger charge is 2.35. The number of carbonyl (C=O) groups is 2. The molecule has 0 radical (unpaired) electrons. The molecule has 3 rings (SSSR count). The van der Waals surface area contributed by atoms with Gasteiger partial charge in [-0.05, 0) is 57.2 Å². The molecule has 14 heteroatoms. The first-order valence-electron chi connectivity index (χ1n) is 13.8. The van der Waals surface area contributed by atoms with Crippen LogP contribution in [0, 0.1) is 0 Å². The molecule has 45 heavy (non-hydrogen) atoms. The lowest BCUT2D eigenvalue weighted by Crippen LogP contribution is -2.52. The number of hydrogen-bond acceptors (Lipinski definition) is 8. The van der Waals surface area contributed by atoms with Crippen LogP contribution < -0.4 is 28.6 Å². The zero-order valence-corrected chi connectivity index (χ0v) is 28.4. The van der Waals surface area contributed by atoms with Crippen LogP contribution in [0.4, 0.5) is 5.69 Å². The summed E-state index contributed by atoms with van der Waals surface area (Å²) in [6, 6.07) is 12.2. The Bertz CT molecular complexity index is 1610. The van der Waals surface area contributed by atoms with Crippen LogP contribution in [0.5, 0.6) is 23.0 Å². The normalized spacial score (nSPS) is 11.9. The summed E-state index contributed by atoms with van der Waals surface area (Å²) in [5, 5.41) is 3.36. The number of nitrogens with one attached hydrogen (secondary N) is 1. The number of nitrogens with zero attached hydrogens (tertiary/aromatic N) is 2. The van der Waals surface area contributed by atoms with Crippen molar-refractivity contribution in [2.75, 3.05) is 39.3 Å². The van der Waals surface area contributed by atoms with Crippen LogP contribution in [0.3, 0.4) is 0 Å². The monoisotopic (exact) mass is 681 g/mol. The van der Waals surface area contributed by atoms with Crippen molar-refractivity contribution in [3.8, 4) is 23.0 Å². The molecular weight excluding hydrogens is 645 g/mol. The fourth-order valence-corrected chi connectivity index (χ4v) is 6.40. The summed E-state index contributed by atoms with van der Waals surface area (Å²) in [5.74, 6) is -0.225. The Hall–Kier alpha value is -3.87. The highest BCUT2D eigenvalue weighted by molar-refractivity contribution is 7.92. The number of anilines is 1. The molecule has 1 atom stereocenters. The quantitative estimate of drug-likeness (QED) is 0.247. The van der Waals surface area contributed by atoms with Crippen molar-refractivity contribution >= 4 is 50.7 Å². The average molecular weight is 683 g/mol. The van der Waals surface area contributed by atoms with Gasteiger partial charge in [-0.1, -0.05) is 29.3 Å². The molecular formula is C31H37Cl2N3O8S. The molecule has 0 aliphatic heterocycles. The van der Waals surface area contributed by atoms with E-state index in [0.717, 1.165) is 4.31 Å². The fourth-order valence-electron chi connectivity index (χ4n) is 4.45. The first kappa shape index (κ1) is 35.6. The summed E-state index contributed by atoms with van der Waals surface area (Å²) in [6.45, 7) is 4.20. The molecule has 0 saturated heterocycles. The standard InChI is InChI=1S/C31H37Cl2N3O8S/c1-19(2)34-31(38)20(3)35(17-23-24(32)9-8-10-25(23)33)30(37)18-36(26-15-21(41-4)11-13-27(26)42-5)45(39,40)22-12-14-28(43-6)29(16-22)44-7/h8-16,19-20H,17-18H2,1-7H3,(H,34,38). The third kappa shape index (κ3) is 8.24. The van der Waals surface area contributed by atoms with Gasteiger partial charge in [0.25, 0.3) is 10.0 Å². The summed E-state index contributed by atoms with van der Waals surface area (Å²) in [6.07, 6.45) is 0. The van der Waals surface area contributed by atoms with Crippen LogP contribution in [0.1, 0.15) is 26.3 Å². The molecule has 0 fully saturated rings. The highest BCUT2D eigenvalue weighted by Crippen LogP contribution is 2.38. The van der Waals surface area contributed by atoms with E-state index in [1.54, 1.807) is 45.0 Å². The zero-order chi connectivity index (χ0) is 33.5. The minimum absolute atomic E-state index is 0.0231. The van der Waals surface area contributed by atoms with E-state index < -0.39 is 34.4 Å². The van der Waals surface area contributed by atoms with Gasteiger partial charge in [-0.3, -0.25) is 13.9 Å². The largest absolute Gasteiger partial charge is 0.497 e. The van der Waals surface area contributed by atoms with Crippen molar-refractivity contribution in [1.29, 1.82) is 0 Å². The Morgan fingerprint density at radius 2 is 1.42 bits per heavy atom. The van der Waals surface area contributed by atoms with E-state index >= 15 is 0 Å². The maximum Gasteiger partial charge on any atom is 0.265 e. The minimum atomic E-state index is -4.49. The lowest BCUT2D eigenvalue weighted by Gasteiger charge is -2.33. The summed E-state index contributed by atoms with van der Waals surface area (Å²) in [7, 11) is 1.11. The Labute approximate surface area is 274 Å². The Morgan fingerprint density at radius 1 is 0.822 bits per heavy atom. The van der Waals surface area contributed by atoms with Crippen LogP contribution in [0.25, 0.3) is 0 Å². The maximum atomic E-state index is 14.4. The number of benzene rings is 3. The molecule has 0 spiro atoms. The first-order valence-corrected chi connectivity index (χ1v) is 16.0. The van der Waals surface area contributed by atoms with Gasteiger partial charge in [0.1, 0.15) is 24.1 Å². The lowest BCUT2D eigenvalue weighted by molar-refractivity contribution is -0.139. The molecule has 244 valence electrons. The first-order chi connectivity index (χ1) is 21.3. The number of ether oxygens (including phenoxy) is 4. The van der Waals surface area contributed by atoms with E-state index in [1.165, 1.54) is 63.7 Å². The number of hydrogen-bond donors (Lipinski definition) is 1. The van der Waals surface area contributed by atoms with E-state index in [9.17, 15) is 18.0 Å². The van der Waals surface area contributed by atoms with E-state index in [1.807, 2.05) is 0 Å². The molecule has 3 aromatic rings. The minimum Gasteiger partial charge on any atom is -0.497 e. The second-order valence-corrected chi connectivity index (χ2v) is 12.8. The second-order valence-electron chi connectivity index (χ2n) is 10.1. The van der Waals surface area contributed by atoms with Gasteiger partial charge in [-0.2, -0.15) is 0 Å². The smallest absolute Gasteiger partial charge is 0.265 e. The van der Waals surface area contributed by atoms with E-state index in [2.05, 4.69) is 5.32 Å². The number of halogens is 2. The summed E-state index contributed by atoms with van der Waals surface area (Å²) >= 11 is 12.9. The van der Waals surface area contributed by atoms with Crippen molar-refractivity contribution in [2.45, 2.75) is 44.3 Å². The number of methoxy groups -OCH3 is 4. The van der Waals surface area contributed by atoms with Crippen molar-refractivity contribution in [1.82, 2.24) is 10.2 Å². The molecule has 0 aliphatic carbocycles. The van der Waals surface area contributed by atoms with E-state index in [-0.39, 0.29) is 44.7 Å². The van der Waals surface area contributed by atoms with Crippen molar-refractivity contribution in [3.05, 3.63) is 70.2 Å². The zero-order valence-electron chi connectivity index (χ0n) is 26.1. The van der Waals surface area contributed by atoms with E-state index in [0.29, 0.717) is 17.1 Å². The molecule has 0 heterocycles. The molecule has 0 aliphatic rings. The SMILES string of the molecule is COc1ccc(OC)c(N(CC(=O)N(Cc2c(Cl)cccc2Cl)C(C)C(=O)NC(C)C)S(=O)(=O)c2ccc(OC)c(OC)c2)c1. The van der Waals surface area contributed by atoms with Gasteiger partial charge < -0.3 is 29.2 Å². The van der Waals surface area contributed by atoms with Gasteiger partial charge in [0.15, 0.2) is 11.5 Å². The Kier molecular flexibility index (Phi) is 12.2. The number of rotatable bonds is 14. The third-order valence-electron chi connectivity index (χ3n) is 6.86. The summed E-state index contributed by atoms with van der Waals surface area (Å²) in [5.41, 5.74) is 0.418. The molecule has 1 N–H and O–H groups in total. The van der Waals surface area contributed by atoms with Gasteiger partial charge in [0.05, 0.1) is 39.0 Å². The fraction of sp³-hybridized carbons (Fsp3) is 0.355. The van der Waals surface area contributed by atoms with Crippen LogP contribution in [-0.4, -0.2) is 72.2 Å². The van der Waals surface area contributed by atoms with Crippen molar-refractivity contribution in [2.24, 2.45) is 0 Å². The molecule has 3 aromatic carbocycles. The van der Waals surface area contributed by atoms with Crippen LogP contribution in [0.15, 0.2) is 59.5 Å². The van der Waals surface area contributed by atoms with Gasteiger partial charge in [0.2, 0.25) is 11.8 Å². The van der Waals surface area contributed by atoms with Gasteiger partial charge in [0, 0.05) is 40.3 Å². The van der Waals surface area contributed by atoms with Gasteiger partial charge in [-0.15, -0.1) is 0 Å². The van der Waals surface area contributed by atoms with Gasteiger partial charge >= 0.3 is 0 Å². The lowest BCUT2D eigenvalue weighted by atomic mass is 10.1. The molecule has 0 saturated carbocycles. The van der Waals surface area contributed by atoms with Crippen LogP contribution in [0.2, 0.25) is 10.0 Å². The predicted molar refractivity (Wildman–Crippen MR) is 173 cm³/mol. The van der Waals surface area contributed by atoms with Crippen LogP contribution >= 0.6 is 23.2 Å². The predicted octanol–water partition coefficient (Wildman–Crippen LogP) is 5.17. The molecule has 11 nitrogen and oxygen atoms in total. The topological polar surface area (TPSA) is 124 Å². The third-order valence-corrected chi connectivity index (χ3v) is 9.33. The second kappa shape index (κ2) is 15.4. The number of carbonyl (C=O) groups excluding carboxylic acids is 2. The average Bonchev–Trinajstić information content (AvgIpc) is 3.01. The van der Waals surface area contributed by atoms with E-state index in [4.69, 9.17) is 42.1 Å². The number of sulfonamides is 1. The molecule has 0 aromatic heterocycles. The maximum absolute atomic E-state index is 14.4. The molecule has 2 amide bonds. The van der Waals surface area contributed by atoms with Gasteiger partial charge in [-0.25, -0.2) is 8.42 Å². The Morgan fingerprint density at radius 3 is 1.98 bits per heavy atom. The Balaban J connectivity index is 2.21. The van der Waals surface area contributed by atoms with Crippen molar-refractivity contribution < 1.29 is 37.0 Å². The molecule has 0 bridgehead atoms. The highest BCUT2D eigenvalue weighted by atomic mass is 35.5. The number of amides is 2. The summed E-state index contributed by atoms with van der Waals surface area (Å²) < 4.78 is 51.1. The summed E-state index contributed by atoms with van der Waals surface area (Å²) in [4.78, 5) is 28.5. The molecule has 1 unspecified atom stereocenters.